The second-order valence-corrected chi connectivity index (χ2v) is 6.18. The molecule has 150 valence electrons. The van der Waals surface area contributed by atoms with Gasteiger partial charge in [0.2, 0.25) is 12.3 Å². The average Bonchev–Trinajstić information content (AvgIpc) is 2.58. The zero-order valence-corrected chi connectivity index (χ0v) is 15.4. The summed E-state index contributed by atoms with van der Waals surface area (Å²) in [6, 6.07) is 3.43. The quantitative estimate of drug-likeness (QED) is 0.571. The van der Waals surface area contributed by atoms with E-state index >= 15 is 0 Å². The van der Waals surface area contributed by atoms with Gasteiger partial charge in [-0.3, -0.25) is 9.59 Å². The summed E-state index contributed by atoms with van der Waals surface area (Å²) in [4.78, 5) is 35.7. The third-order valence-corrected chi connectivity index (χ3v) is 3.69. The molecular formula is C18H24F2N2O5. The lowest BCUT2D eigenvalue weighted by Gasteiger charge is -2.24. The van der Waals surface area contributed by atoms with Gasteiger partial charge in [0.1, 0.15) is 17.8 Å². The van der Waals surface area contributed by atoms with Gasteiger partial charge in [-0.25, -0.2) is 13.6 Å². The van der Waals surface area contributed by atoms with Crippen LogP contribution in [-0.2, 0) is 9.59 Å². The van der Waals surface area contributed by atoms with E-state index in [4.69, 9.17) is 9.84 Å². The number of ether oxygens (including phenoxy) is 1. The SMILES string of the molecule is CCOc1ccc(C(=O)NC(C(=O)NC(CC(F)F)C(=O)O)C(C)C)cc1. The Kier molecular flexibility index (Phi) is 8.64. The summed E-state index contributed by atoms with van der Waals surface area (Å²) in [6.45, 7) is 5.59. The molecule has 1 aromatic rings. The molecule has 0 aliphatic carbocycles. The Bertz CT molecular complexity index is 650. The number of carbonyl (C=O) groups excluding carboxylic acids is 2. The van der Waals surface area contributed by atoms with Gasteiger partial charge in [0, 0.05) is 12.0 Å². The third-order valence-electron chi connectivity index (χ3n) is 3.69. The van der Waals surface area contributed by atoms with Crippen LogP contribution in [0.15, 0.2) is 24.3 Å². The number of carboxylic acid groups (broad SMARTS) is 1. The fourth-order valence-corrected chi connectivity index (χ4v) is 2.29. The molecule has 0 bridgehead atoms. The van der Waals surface area contributed by atoms with E-state index in [-0.39, 0.29) is 5.56 Å². The van der Waals surface area contributed by atoms with E-state index < -0.39 is 48.6 Å². The lowest BCUT2D eigenvalue weighted by molar-refractivity contribution is -0.143. The van der Waals surface area contributed by atoms with Crippen molar-refractivity contribution >= 4 is 17.8 Å². The maximum atomic E-state index is 12.5. The minimum atomic E-state index is -2.89. The van der Waals surface area contributed by atoms with E-state index in [0.717, 1.165) is 0 Å². The lowest BCUT2D eigenvalue weighted by Crippen LogP contribution is -2.54. The molecule has 0 heterocycles. The lowest BCUT2D eigenvalue weighted by atomic mass is 10.0. The van der Waals surface area contributed by atoms with Crippen LogP contribution in [0.25, 0.3) is 0 Å². The number of alkyl halides is 2. The summed E-state index contributed by atoms with van der Waals surface area (Å²) in [5.41, 5.74) is 0.277. The fraction of sp³-hybridized carbons (Fsp3) is 0.500. The van der Waals surface area contributed by atoms with Crippen molar-refractivity contribution in [3.8, 4) is 5.75 Å². The Morgan fingerprint density at radius 1 is 1.11 bits per heavy atom. The molecule has 0 spiro atoms. The molecule has 9 heteroatoms. The van der Waals surface area contributed by atoms with E-state index in [1.165, 1.54) is 12.1 Å². The number of carboxylic acids is 1. The zero-order chi connectivity index (χ0) is 20.6. The van der Waals surface area contributed by atoms with Gasteiger partial charge < -0.3 is 20.5 Å². The Labute approximate surface area is 156 Å². The number of rotatable bonds is 10. The highest BCUT2D eigenvalue weighted by atomic mass is 19.3. The number of aliphatic carboxylic acids is 1. The summed E-state index contributed by atoms with van der Waals surface area (Å²) in [5, 5.41) is 13.5. The van der Waals surface area contributed by atoms with Crippen LogP contribution in [0.4, 0.5) is 8.78 Å². The second kappa shape index (κ2) is 10.4. The number of hydrogen-bond donors (Lipinski definition) is 3. The average molecular weight is 386 g/mol. The smallest absolute Gasteiger partial charge is 0.326 e. The molecule has 1 aromatic carbocycles. The summed E-state index contributed by atoms with van der Waals surface area (Å²) in [5.74, 6) is -2.75. The second-order valence-electron chi connectivity index (χ2n) is 6.18. The van der Waals surface area contributed by atoms with E-state index in [0.29, 0.717) is 12.4 Å². The highest BCUT2D eigenvalue weighted by Crippen LogP contribution is 2.13. The van der Waals surface area contributed by atoms with Crippen LogP contribution in [0.2, 0.25) is 0 Å². The summed E-state index contributed by atoms with van der Waals surface area (Å²) >= 11 is 0. The number of halogens is 2. The maximum Gasteiger partial charge on any atom is 0.326 e. The van der Waals surface area contributed by atoms with Crippen molar-refractivity contribution in [2.24, 2.45) is 5.92 Å². The Balaban J connectivity index is 2.83. The number of amides is 2. The van der Waals surface area contributed by atoms with E-state index in [1.54, 1.807) is 26.0 Å². The number of benzene rings is 1. The van der Waals surface area contributed by atoms with Crippen LogP contribution in [-0.4, -0.2) is 48.0 Å². The van der Waals surface area contributed by atoms with Crippen molar-refractivity contribution < 1.29 is 33.0 Å². The standard InChI is InChI=1S/C18H24F2N2O5/c1-4-27-12-7-5-11(6-8-12)16(23)22-15(10(2)3)17(24)21-13(18(25)26)9-14(19)20/h5-8,10,13-15H,4,9H2,1-3H3,(H,21,24)(H,22,23)(H,25,26). The molecular weight excluding hydrogens is 362 g/mol. The largest absolute Gasteiger partial charge is 0.494 e. The molecule has 2 unspecified atom stereocenters. The molecule has 27 heavy (non-hydrogen) atoms. The molecule has 3 N–H and O–H groups in total. The first-order chi connectivity index (χ1) is 12.6. The molecule has 0 radical (unpaired) electrons. The number of nitrogens with one attached hydrogen (secondary N) is 2. The van der Waals surface area contributed by atoms with Gasteiger partial charge in [-0.15, -0.1) is 0 Å². The van der Waals surface area contributed by atoms with Crippen molar-refractivity contribution in [2.75, 3.05) is 6.61 Å². The van der Waals surface area contributed by atoms with Gasteiger partial charge in [-0.2, -0.15) is 0 Å². The van der Waals surface area contributed by atoms with E-state index in [9.17, 15) is 23.2 Å². The van der Waals surface area contributed by atoms with E-state index in [2.05, 4.69) is 10.6 Å². The normalized spacial score (nSPS) is 13.1. The van der Waals surface area contributed by atoms with Crippen molar-refractivity contribution in [3.05, 3.63) is 29.8 Å². The Morgan fingerprint density at radius 2 is 1.70 bits per heavy atom. The highest BCUT2D eigenvalue weighted by molar-refractivity contribution is 5.98. The van der Waals surface area contributed by atoms with Gasteiger partial charge in [0.05, 0.1) is 6.61 Å². The molecule has 0 saturated heterocycles. The molecule has 2 atom stereocenters. The molecule has 2 amide bonds. The van der Waals surface area contributed by atoms with Crippen LogP contribution in [0, 0.1) is 5.92 Å². The van der Waals surface area contributed by atoms with Crippen LogP contribution < -0.4 is 15.4 Å². The molecule has 0 saturated carbocycles. The first-order valence-corrected chi connectivity index (χ1v) is 8.50. The van der Waals surface area contributed by atoms with Crippen molar-refractivity contribution in [1.29, 1.82) is 0 Å². The predicted molar refractivity (Wildman–Crippen MR) is 93.9 cm³/mol. The first kappa shape index (κ1) is 22.3. The molecule has 7 nitrogen and oxygen atoms in total. The van der Waals surface area contributed by atoms with Crippen molar-refractivity contribution in [2.45, 2.75) is 45.7 Å². The maximum absolute atomic E-state index is 12.5. The Hall–Kier alpha value is -2.71. The predicted octanol–water partition coefficient (Wildman–Crippen LogP) is 2.06. The molecule has 0 aliphatic heterocycles. The van der Waals surface area contributed by atoms with E-state index in [1.807, 2.05) is 6.92 Å². The van der Waals surface area contributed by atoms with Crippen LogP contribution >= 0.6 is 0 Å². The minimum Gasteiger partial charge on any atom is -0.494 e. The number of carbonyl (C=O) groups is 3. The van der Waals surface area contributed by atoms with Gasteiger partial charge >= 0.3 is 5.97 Å². The molecule has 0 aromatic heterocycles. The fourth-order valence-electron chi connectivity index (χ4n) is 2.29. The van der Waals surface area contributed by atoms with Gasteiger partial charge in [-0.1, -0.05) is 13.8 Å². The monoisotopic (exact) mass is 386 g/mol. The summed E-state index contributed by atoms with van der Waals surface area (Å²) < 4.78 is 30.2. The molecule has 0 fully saturated rings. The van der Waals surface area contributed by atoms with Crippen LogP contribution in [0.3, 0.4) is 0 Å². The molecule has 1 rings (SSSR count). The zero-order valence-electron chi connectivity index (χ0n) is 15.4. The first-order valence-electron chi connectivity index (χ1n) is 8.50. The van der Waals surface area contributed by atoms with Crippen molar-refractivity contribution in [3.63, 3.8) is 0 Å². The van der Waals surface area contributed by atoms with Gasteiger partial charge in [-0.05, 0) is 37.1 Å². The Morgan fingerprint density at radius 3 is 2.15 bits per heavy atom. The third kappa shape index (κ3) is 7.20. The summed E-state index contributed by atoms with van der Waals surface area (Å²) in [6.07, 6.45) is -3.90. The van der Waals surface area contributed by atoms with Crippen molar-refractivity contribution in [1.82, 2.24) is 10.6 Å². The minimum absolute atomic E-state index is 0.277. The van der Waals surface area contributed by atoms with Crippen LogP contribution in [0.1, 0.15) is 37.6 Å². The number of hydrogen-bond acceptors (Lipinski definition) is 4. The van der Waals surface area contributed by atoms with Gasteiger partial charge in [0.15, 0.2) is 0 Å². The van der Waals surface area contributed by atoms with Crippen LogP contribution in [0.5, 0.6) is 5.75 Å². The topological polar surface area (TPSA) is 105 Å². The molecule has 0 aliphatic rings. The highest BCUT2D eigenvalue weighted by Gasteiger charge is 2.30. The van der Waals surface area contributed by atoms with Gasteiger partial charge in [0.25, 0.3) is 5.91 Å². The summed E-state index contributed by atoms with van der Waals surface area (Å²) in [7, 11) is 0.